The lowest BCUT2D eigenvalue weighted by Gasteiger charge is -2.25. The summed E-state index contributed by atoms with van der Waals surface area (Å²) in [5.41, 5.74) is 2.85. The van der Waals surface area contributed by atoms with E-state index in [0.717, 1.165) is 39.1 Å². The molecule has 1 fully saturated rings. The number of carbonyl (C=O) groups excluding carboxylic acids is 1. The highest BCUT2D eigenvalue weighted by Crippen LogP contribution is 2.34. The molecule has 0 bridgehead atoms. The van der Waals surface area contributed by atoms with Crippen LogP contribution in [0.2, 0.25) is 0 Å². The summed E-state index contributed by atoms with van der Waals surface area (Å²) >= 11 is 2.99. The van der Waals surface area contributed by atoms with E-state index in [2.05, 4.69) is 25.9 Å². The summed E-state index contributed by atoms with van der Waals surface area (Å²) in [4.78, 5) is 39.8. The predicted octanol–water partition coefficient (Wildman–Crippen LogP) is 5.72. The van der Waals surface area contributed by atoms with Gasteiger partial charge in [-0.25, -0.2) is 9.97 Å². The van der Waals surface area contributed by atoms with Crippen molar-refractivity contribution in [3.8, 4) is 0 Å². The molecule has 1 amide bonds. The summed E-state index contributed by atoms with van der Waals surface area (Å²) in [7, 11) is 0. The van der Waals surface area contributed by atoms with Crippen LogP contribution in [-0.2, 0) is 10.5 Å². The van der Waals surface area contributed by atoms with E-state index in [-0.39, 0.29) is 16.7 Å². The number of benzene rings is 1. The van der Waals surface area contributed by atoms with E-state index in [0.29, 0.717) is 29.0 Å². The molecule has 5 rings (SSSR count). The molecule has 1 aliphatic rings. The Labute approximate surface area is 206 Å². The Hall–Kier alpha value is -2.65. The van der Waals surface area contributed by atoms with Gasteiger partial charge in [0, 0.05) is 10.9 Å². The molecule has 0 spiro atoms. The normalized spacial score (nSPS) is 15.7. The fourth-order valence-electron chi connectivity index (χ4n) is 4.70. The van der Waals surface area contributed by atoms with Gasteiger partial charge in [0.15, 0.2) is 0 Å². The molecule has 1 atom stereocenters. The Morgan fingerprint density at radius 1 is 1.24 bits per heavy atom. The van der Waals surface area contributed by atoms with Crippen LogP contribution in [0.3, 0.4) is 0 Å². The minimum Gasteiger partial charge on any atom is -0.309 e. The number of hydrogen-bond donors (Lipinski definition) is 2. The Bertz CT molecular complexity index is 1410. The highest BCUT2D eigenvalue weighted by atomic mass is 32.2. The number of thiophene rings is 1. The maximum atomic E-state index is 13.1. The van der Waals surface area contributed by atoms with Crippen molar-refractivity contribution in [1.29, 1.82) is 0 Å². The number of aromatic amines is 1. The smallest absolute Gasteiger partial charge is 0.259 e. The third-order valence-electron chi connectivity index (χ3n) is 6.70. The fraction of sp³-hybridized carbons (Fsp3) is 0.440. The molecule has 1 aromatic carbocycles. The number of imidazole rings is 1. The monoisotopic (exact) mass is 495 g/mol. The van der Waals surface area contributed by atoms with Gasteiger partial charge in [-0.3, -0.25) is 14.9 Å². The first-order valence-electron chi connectivity index (χ1n) is 11.8. The van der Waals surface area contributed by atoms with Gasteiger partial charge in [0.2, 0.25) is 11.9 Å². The van der Waals surface area contributed by atoms with E-state index in [1.54, 1.807) is 0 Å². The van der Waals surface area contributed by atoms with Crippen LogP contribution < -0.4 is 10.9 Å². The zero-order valence-electron chi connectivity index (χ0n) is 19.7. The molecule has 0 radical (unpaired) electrons. The van der Waals surface area contributed by atoms with Gasteiger partial charge in [-0.2, -0.15) is 0 Å². The number of anilines is 1. The number of carbonyl (C=O) groups is 1. The number of nitrogens with zero attached hydrogens (tertiary/aromatic N) is 3. The summed E-state index contributed by atoms with van der Waals surface area (Å²) in [6.07, 6.45) is 5.89. The van der Waals surface area contributed by atoms with E-state index < -0.39 is 0 Å². The van der Waals surface area contributed by atoms with Crippen LogP contribution in [0.1, 0.15) is 61.3 Å². The molecule has 34 heavy (non-hydrogen) atoms. The van der Waals surface area contributed by atoms with Crippen molar-refractivity contribution in [1.82, 2.24) is 19.5 Å². The van der Waals surface area contributed by atoms with Crippen molar-refractivity contribution in [2.75, 3.05) is 5.32 Å². The quantitative estimate of drug-likeness (QED) is 0.357. The topological polar surface area (TPSA) is 92.7 Å². The third kappa shape index (κ3) is 4.38. The molecule has 3 heterocycles. The molecule has 2 N–H and O–H groups in total. The summed E-state index contributed by atoms with van der Waals surface area (Å²) in [6, 6.07) is 8.43. The number of fused-ring (bicyclic) bond motifs is 2. The van der Waals surface area contributed by atoms with Gasteiger partial charge in [-0.05, 0) is 51.3 Å². The number of aryl methyl sites for hydroxylation is 2. The maximum absolute atomic E-state index is 13.1. The van der Waals surface area contributed by atoms with Gasteiger partial charge in [-0.1, -0.05) is 31.4 Å². The molecule has 1 unspecified atom stereocenters. The lowest BCUT2D eigenvalue weighted by Crippen LogP contribution is -2.26. The summed E-state index contributed by atoms with van der Waals surface area (Å²) in [6.45, 7) is 5.83. The second-order valence-corrected chi connectivity index (χ2v) is 11.5. The highest BCUT2D eigenvalue weighted by molar-refractivity contribution is 7.99. The molecular formula is C25H29N5O2S2. The standard InChI is InChI=1S/C25H29N5O2S2/c1-14-15(2)34-24-21(14)23(32)27-20(28-24)13-33-16(3)22(31)29-25-26-18-11-7-8-12-19(18)30(25)17-9-5-4-6-10-17/h7-8,11-12,16-17H,4-6,9-10,13H2,1-3H3,(H,26,29,31)(H,27,28,32). The molecule has 4 aromatic rings. The van der Waals surface area contributed by atoms with Crippen LogP contribution in [0.5, 0.6) is 0 Å². The van der Waals surface area contributed by atoms with Crippen LogP contribution >= 0.6 is 23.1 Å². The van der Waals surface area contributed by atoms with Gasteiger partial charge in [0.1, 0.15) is 10.7 Å². The number of thioether (sulfide) groups is 1. The number of amides is 1. The summed E-state index contributed by atoms with van der Waals surface area (Å²) in [5.74, 6) is 1.58. The average Bonchev–Trinajstić information content (AvgIpc) is 3.34. The Morgan fingerprint density at radius 3 is 2.79 bits per heavy atom. The second kappa shape index (κ2) is 9.54. The van der Waals surface area contributed by atoms with Crippen molar-refractivity contribution in [3.05, 3.63) is 50.9 Å². The largest absolute Gasteiger partial charge is 0.309 e. The average molecular weight is 496 g/mol. The number of aromatic nitrogens is 4. The number of hydrogen-bond acceptors (Lipinski definition) is 6. The van der Waals surface area contributed by atoms with E-state index >= 15 is 0 Å². The van der Waals surface area contributed by atoms with Crippen LogP contribution in [0.4, 0.5) is 5.95 Å². The molecule has 1 aliphatic carbocycles. The second-order valence-electron chi connectivity index (χ2n) is 9.00. The van der Waals surface area contributed by atoms with Crippen molar-refractivity contribution < 1.29 is 4.79 Å². The predicted molar refractivity (Wildman–Crippen MR) is 141 cm³/mol. The van der Waals surface area contributed by atoms with Gasteiger partial charge in [0.05, 0.1) is 27.4 Å². The first kappa shape index (κ1) is 23.1. The Balaban J connectivity index is 1.32. The van der Waals surface area contributed by atoms with Gasteiger partial charge in [0.25, 0.3) is 5.56 Å². The van der Waals surface area contributed by atoms with Crippen LogP contribution in [0.25, 0.3) is 21.3 Å². The third-order valence-corrected chi connectivity index (χ3v) is 8.95. The van der Waals surface area contributed by atoms with Gasteiger partial charge < -0.3 is 9.55 Å². The fourth-order valence-corrected chi connectivity index (χ4v) is 6.50. The van der Waals surface area contributed by atoms with Crippen molar-refractivity contribution in [2.24, 2.45) is 0 Å². The molecule has 0 saturated heterocycles. The van der Waals surface area contributed by atoms with Crippen LogP contribution in [0.15, 0.2) is 29.1 Å². The van der Waals surface area contributed by atoms with E-state index in [4.69, 9.17) is 4.98 Å². The number of rotatable bonds is 6. The molecule has 0 aliphatic heterocycles. The molecule has 9 heteroatoms. The first-order valence-corrected chi connectivity index (χ1v) is 13.7. The van der Waals surface area contributed by atoms with Crippen molar-refractivity contribution in [3.63, 3.8) is 0 Å². The SMILES string of the molecule is Cc1sc2nc(CSC(C)C(=O)Nc3nc4ccccc4n3C3CCCCC3)[nH]c(=O)c2c1C. The number of para-hydroxylation sites is 2. The minimum absolute atomic E-state index is 0.0939. The lowest BCUT2D eigenvalue weighted by atomic mass is 9.95. The van der Waals surface area contributed by atoms with E-state index in [1.807, 2.05) is 39.0 Å². The van der Waals surface area contributed by atoms with Gasteiger partial charge >= 0.3 is 0 Å². The van der Waals surface area contributed by atoms with Crippen molar-refractivity contribution >= 4 is 56.2 Å². The van der Waals surface area contributed by atoms with Gasteiger partial charge in [-0.15, -0.1) is 23.1 Å². The lowest BCUT2D eigenvalue weighted by molar-refractivity contribution is -0.115. The Morgan fingerprint density at radius 2 is 2.00 bits per heavy atom. The molecule has 3 aromatic heterocycles. The summed E-state index contributed by atoms with van der Waals surface area (Å²) < 4.78 is 2.22. The minimum atomic E-state index is -0.326. The first-order chi connectivity index (χ1) is 16.4. The number of nitrogens with one attached hydrogen (secondary N) is 2. The highest BCUT2D eigenvalue weighted by Gasteiger charge is 2.24. The molecule has 1 saturated carbocycles. The molecular weight excluding hydrogens is 466 g/mol. The number of H-pyrrole nitrogens is 1. The van der Waals surface area contributed by atoms with Crippen LogP contribution in [-0.4, -0.2) is 30.7 Å². The van der Waals surface area contributed by atoms with E-state index in [9.17, 15) is 9.59 Å². The summed E-state index contributed by atoms with van der Waals surface area (Å²) in [5, 5.41) is 3.43. The zero-order chi connectivity index (χ0) is 23.8. The van der Waals surface area contributed by atoms with Crippen molar-refractivity contribution in [2.45, 2.75) is 69.9 Å². The Kier molecular flexibility index (Phi) is 6.48. The maximum Gasteiger partial charge on any atom is 0.259 e. The zero-order valence-corrected chi connectivity index (χ0v) is 21.3. The molecule has 7 nitrogen and oxygen atoms in total. The van der Waals surface area contributed by atoms with Crippen LogP contribution in [0, 0.1) is 13.8 Å². The van der Waals surface area contributed by atoms with E-state index in [1.165, 1.54) is 42.4 Å². The molecule has 178 valence electrons.